The summed E-state index contributed by atoms with van der Waals surface area (Å²) in [6, 6.07) is 9.35. The molecule has 0 saturated heterocycles. The van der Waals surface area contributed by atoms with E-state index in [1.165, 1.54) is 11.6 Å². The maximum Gasteiger partial charge on any atom is 0.166 e. The lowest BCUT2D eigenvalue weighted by molar-refractivity contribution is 0.0905. The van der Waals surface area contributed by atoms with Crippen LogP contribution in [0.25, 0.3) is 0 Å². The van der Waals surface area contributed by atoms with Crippen LogP contribution in [0.2, 0.25) is 25.7 Å². The maximum absolute atomic E-state index is 12.3. The van der Waals surface area contributed by atoms with Crippen LogP contribution in [-0.2, 0) is 6.42 Å². The van der Waals surface area contributed by atoms with E-state index in [4.69, 9.17) is 0 Å². The molecule has 0 amide bonds. The molecule has 0 saturated carbocycles. The lowest BCUT2D eigenvalue weighted by atomic mass is 9.92. The Morgan fingerprint density at radius 1 is 1.29 bits per heavy atom. The molecule has 2 rings (SSSR count). The third-order valence-corrected chi connectivity index (χ3v) is 5.55. The van der Waals surface area contributed by atoms with E-state index in [0.29, 0.717) is 11.7 Å². The van der Waals surface area contributed by atoms with Crippen molar-refractivity contribution in [2.24, 2.45) is 11.8 Å². The minimum Gasteiger partial charge on any atom is -0.294 e. The number of hydrogen-bond donors (Lipinski definition) is 0. The molecular weight excluding hydrogens is 224 g/mol. The van der Waals surface area contributed by atoms with Crippen LogP contribution in [0.15, 0.2) is 24.3 Å². The Bertz CT molecular complexity index is 431. The van der Waals surface area contributed by atoms with Gasteiger partial charge in [-0.25, -0.2) is 0 Å². The van der Waals surface area contributed by atoms with E-state index in [1.807, 2.05) is 18.2 Å². The van der Waals surface area contributed by atoms with Gasteiger partial charge >= 0.3 is 0 Å². The van der Waals surface area contributed by atoms with E-state index in [2.05, 4.69) is 32.6 Å². The number of rotatable bonds is 3. The monoisotopic (exact) mass is 246 g/mol. The highest BCUT2D eigenvalue weighted by Gasteiger charge is 2.35. The van der Waals surface area contributed by atoms with Crippen molar-refractivity contribution in [1.82, 2.24) is 0 Å². The fraction of sp³-hybridized carbons (Fsp3) is 0.533. The molecule has 17 heavy (non-hydrogen) atoms. The van der Waals surface area contributed by atoms with Gasteiger partial charge in [0.05, 0.1) is 0 Å². The van der Waals surface area contributed by atoms with Gasteiger partial charge in [-0.05, 0) is 17.9 Å². The zero-order valence-electron chi connectivity index (χ0n) is 11.3. The Morgan fingerprint density at radius 3 is 2.53 bits per heavy atom. The molecule has 0 spiro atoms. The molecule has 0 heterocycles. The van der Waals surface area contributed by atoms with Crippen LogP contribution in [0.3, 0.4) is 0 Å². The smallest absolute Gasteiger partial charge is 0.166 e. The lowest BCUT2D eigenvalue weighted by Crippen LogP contribution is -2.28. The van der Waals surface area contributed by atoms with Gasteiger partial charge in [-0.1, -0.05) is 56.9 Å². The molecule has 92 valence electrons. The van der Waals surface area contributed by atoms with Crippen LogP contribution < -0.4 is 0 Å². The first-order valence-corrected chi connectivity index (χ1v) is 10.2. The molecule has 1 nitrogen and oxygen atoms in total. The van der Waals surface area contributed by atoms with Gasteiger partial charge in [0.15, 0.2) is 5.78 Å². The Hall–Kier alpha value is -0.893. The van der Waals surface area contributed by atoms with Gasteiger partial charge in [0.1, 0.15) is 0 Å². The van der Waals surface area contributed by atoms with Crippen molar-refractivity contribution in [3.63, 3.8) is 0 Å². The number of hydrogen-bond acceptors (Lipinski definition) is 1. The average Bonchev–Trinajstić information content (AvgIpc) is 2.55. The quantitative estimate of drug-likeness (QED) is 0.736. The second-order valence-corrected chi connectivity index (χ2v) is 12.1. The van der Waals surface area contributed by atoms with Crippen LogP contribution >= 0.6 is 0 Å². The maximum atomic E-state index is 12.3. The summed E-state index contributed by atoms with van der Waals surface area (Å²) in [6.07, 6.45) is 0.959. The van der Waals surface area contributed by atoms with Gasteiger partial charge in [0.25, 0.3) is 0 Å². The predicted molar refractivity (Wildman–Crippen MR) is 75.3 cm³/mol. The minimum atomic E-state index is -1.07. The van der Waals surface area contributed by atoms with Gasteiger partial charge in [0, 0.05) is 19.6 Å². The summed E-state index contributed by atoms with van der Waals surface area (Å²) in [5.41, 5.74) is 2.23. The molecule has 0 bridgehead atoms. The number of carbonyl (C=O) groups is 1. The van der Waals surface area contributed by atoms with E-state index in [9.17, 15) is 4.79 Å². The Morgan fingerprint density at radius 2 is 1.94 bits per heavy atom. The average molecular weight is 246 g/mol. The number of ketones is 1. The molecule has 1 aliphatic rings. The predicted octanol–water partition coefficient (Wildman–Crippen LogP) is 4.02. The number of Topliss-reactive ketones (excluding diaryl/α,β-unsaturated/α-hetero) is 1. The first kappa shape index (κ1) is 12.6. The van der Waals surface area contributed by atoms with Crippen LogP contribution in [0.5, 0.6) is 0 Å². The number of benzene rings is 1. The Kier molecular flexibility index (Phi) is 3.26. The van der Waals surface area contributed by atoms with Crippen LogP contribution in [0, 0.1) is 11.8 Å². The SMILES string of the molecule is CC(C[Si](C)(C)C)C1Cc2ccccc2C1=O. The summed E-state index contributed by atoms with van der Waals surface area (Å²) in [4.78, 5) is 12.3. The fourth-order valence-electron chi connectivity index (χ4n) is 3.04. The van der Waals surface area contributed by atoms with Crippen molar-refractivity contribution in [3.05, 3.63) is 35.4 Å². The molecule has 0 aromatic heterocycles. The minimum absolute atomic E-state index is 0.235. The first-order valence-electron chi connectivity index (χ1n) is 6.50. The molecule has 2 heteroatoms. The zero-order chi connectivity index (χ0) is 12.6. The molecule has 0 radical (unpaired) electrons. The highest BCUT2D eigenvalue weighted by Crippen LogP contribution is 2.34. The van der Waals surface area contributed by atoms with E-state index in [1.54, 1.807) is 0 Å². The fourth-order valence-corrected chi connectivity index (χ4v) is 5.25. The van der Waals surface area contributed by atoms with Crippen molar-refractivity contribution in [1.29, 1.82) is 0 Å². The Labute approximate surface area is 105 Å². The zero-order valence-corrected chi connectivity index (χ0v) is 12.3. The van der Waals surface area contributed by atoms with Gasteiger partial charge in [0.2, 0.25) is 0 Å². The third-order valence-electron chi connectivity index (χ3n) is 3.68. The molecule has 0 fully saturated rings. The largest absolute Gasteiger partial charge is 0.294 e. The van der Waals surface area contributed by atoms with Crippen LogP contribution in [0.1, 0.15) is 22.8 Å². The van der Waals surface area contributed by atoms with Crippen molar-refractivity contribution in [2.75, 3.05) is 0 Å². The topological polar surface area (TPSA) is 17.1 Å². The molecule has 1 aliphatic carbocycles. The summed E-state index contributed by atoms with van der Waals surface area (Å²) in [5, 5.41) is 0. The molecule has 0 N–H and O–H groups in total. The highest BCUT2D eigenvalue weighted by molar-refractivity contribution is 6.76. The second kappa shape index (κ2) is 4.41. The van der Waals surface area contributed by atoms with E-state index in [0.717, 1.165) is 12.0 Å². The van der Waals surface area contributed by atoms with E-state index in [-0.39, 0.29) is 5.92 Å². The summed E-state index contributed by atoms with van der Waals surface area (Å²) >= 11 is 0. The molecule has 1 aromatic carbocycles. The highest BCUT2D eigenvalue weighted by atomic mass is 28.3. The summed E-state index contributed by atoms with van der Waals surface area (Å²) in [5.74, 6) is 1.15. The van der Waals surface area contributed by atoms with Gasteiger partial charge in [-0.3, -0.25) is 4.79 Å². The van der Waals surface area contributed by atoms with Gasteiger partial charge in [-0.2, -0.15) is 0 Å². The first-order chi connectivity index (χ1) is 7.88. The molecule has 0 aliphatic heterocycles. The summed E-state index contributed by atoms with van der Waals surface area (Å²) in [6.45, 7) is 9.41. The standard InChI is InChI=1S/C15H22OSi/c1-11(10-17(2,3)4)14-9-12-7-5-6-8-13(12)15(14)16/h5-8,11,14H,9-10H2,1-4H3. The summed E-state index contributed by atoms with van der Waals surface area (Å²) in [7, 11) is -1.07. The molecule has 2 atom stereocenters. The molecule has 1 aromatic rings. The van der Waals surface area contributed by atoms with E-state index >= 15 is 0 Å². The van der Waals surface area contributed by atoms with Crippen molar-refractivity contribution in [2.45, 2.75) is 39.0 Å². The molecule has 2 unspecified atom stereocenters. The second-order valence-electron chi connectivity index (χ2n) is 6.57. The van der Waals surface area contributed by atoms with Crippen molar-refractivity contribution >= 4 is 13.9 Å². The molecular formula is C15H22OSi. The summed E-state index contributed by atoms with van der Waals surface area (Å²) < 4.78 is 0. The van der Waals surface area contributed by atoms with Crippen molar-refractivity contribution < 1.29 is 4.79 Å². The third kappa shape index (κ3) is 2.68. The van der Waals surface area contributed by atoms with Gasteiger partial charge < -0.3 is 0 Å². The van der Waals surface area contributed by atoms with Crippen molar-refractivity contribution in [3.8, 4) is 0 Å². The van der Waals surface area contributed by atoms with E-state index < -0.39 is 8.07 Å². The van der Waals surface area contributed by atoms with Gasteiger partial charge in [-0.15, -0.1) is 0 Å². The van der Waals surface area contributed by atoms with Crippen LogP contribution in [0.4, 0.5) is 0 Å². The number of carbonyl (C=O) groups excluding carboxylic acids is 1. The number of fused-ring (bicyclic) bond motifs is 1. The normalized spacial score (nSPS) is 21.4. The lowest BCUT2D eigenvalue weighted by Gasteiger charge is -2.25. The Balaban J connectivity index is 2.15. The van der Waals surface area contributed by atoms with Crippen LogP contribution in [-0.4, -0.2) is 13.9 Å².